The first-order valence-electron chi connectivity index (χ1n) is 4.34. The second-order valence-electron chi connectivity index (χ2n) is 2.95. The summed E-state index contributed by atoms with van der Waals surface area (Å²) >= 11 is 0. The number of hydrogen-bond donors (Lipinski definition) is 3. The highest BCUT2D eigenvalue weighted by Crippen LogP contribution is 2.08. The normalized spacial score (nSPS) is 11.6. The summed E-state index contributed by atoms with van der Waals surface area (Å²) in [6, 6.07) is 0. The van der Waals surface area contributed by atoms with E-state index in [-0.39, 0.29) is 5.82 Å². The average Bonchev–Trinajstić information content (AvgIpc) is 2.66. The van der Waals surface area contributed by atoms with Crippen LogP contribution in [0.5, 0.6) is 0 Å². The fraction of sp³-hybridized carbons (Fsp3) is 0.429. The molecule has 1 heterocycles. The van der Waals surface area contributed by atoms with Gasteiger partial charge in [0.25, 0.3) is 0 Å². The monoisotopic (exact) mass is 212 g/mol. The molecule has 0 atom stereocenters. The number of nitrogens with one attached hydrogen (secondary N) is 1. The first-order valence-corrected chi connectivity index (χ1v) is 4.34. The number of amidine groups is 1. The minimum atomic E-state index is -0.522. The van der Waals surface area contributed by atoms with Crippen LogP contribution in [0.1, 0.15) is 18.7 Å². The number of rotatable bonds is 5. The Morgan fingerprint density at radius 2 is 2.47 bits per heavy atom. The number of nitrogens with two attached hydrogens (primary N) is 2. The molecule has 0 unspecified atom stereocenters. The van der Waals surface area contributed by atoms with Gasteiger partial charge in [-0.3, -0.25) is 0 Å². The predicted octanol–water partition coefficient (Wildman–Crippen LogP) is -0.129. The summed E-state index contributed by atoms with van der Waals surface area (Å²) in [7, 11) is 0. The van der Waals surface area contributed by atoms with Gasteiger partial charge in [-0.05, 0) is 11.3 Å². The van der Waals surface area contributed by atoms with Crippen LogP contribution in [0.25, 0.3) is 0 Å². The number of aromatic amines is 1. The van der Waals surface area contributed by atoms with E-state index in [1.54, 1.807) is 0 Å². The highest BCUT2D eigenvalue weighted by molar-refractivity contribution is 5.79. The zero-order valence-electron chi connectivity index (χ0n) is 8.01. The van der Waals surface area contributed by atoms with Gasteiger partial charge in [-0.1, -0.05) is 0 Å². The predicted molar refractivity (Wildman–Crippen MR) is 54.0 cm³/mol. The Labute approximate surface area is 85.5 Å². The maximum absolute atomic E-state index is 10.3. The highest BCUT2D eigenvalue weighted by atomic mass is 16.6. The van der Waals surface area contributed by atoms with Crippen LogP contribution in [0.15, 0.2) is 11.3 Å². The second-order valence-corrected chi connectivity index (χ2v) is 2.95. The van der Waals surface area contributed by atoms with Gasteiger partial charge in [0, 0.05) is 12.8 Å². The average molecular weight is 212 g/mol. The smallest absolute Gasteiger partial charge is 0.340 e. The van der Waals surface area contributed by atoms with E-state index in [0.29, 0.717) is 30.9 Å². The van der Waals surface area contributed by atoms with E-state index >= 15 is 0 Å². The number of imidazole rings is 1. The van der Waals surface area contributed by atoms with Crippen LogP contribution in [0.2, 0.25) is 0 Å². The Hall–Kier alpha value is -2.12. The Morgan fingerprint density at radius 3 is 3.00 bits per heavy atom. The molecule has 0 amide bonds. The van der Waals surface area contributed by atoms with Crippen molar-refractivity contribution >= 4 is 11.7 Å². The van der Waals surface area contributed by atoms with E-state index in [9.17, 15) is 10.1 Å². The number of aromatic nitrogens is 2. The van der Waals surface area contributed by atoms with Gasteiger partial charge in [-0.15, -0.1) is 0 Å². The molecule has 0 aromatic carbocycles. The standard InChI is InChI=1S/C7H12N6O2/c8-5(12-9)2-1-3-6-10-4-7(11-6)13(14)15/h4H,1-3,9H2,(H2,8,12)(H,10,11). The van der Waals surface area contributed by atoms with Gasteiger partial charge >= 0.3 is 5.82 Å². The van der Waals surface area contributed by atoms with E-state index in [4.69, 9.17) is 11.6 Å². The Morgan fingerprint density at radius 1 is 1.73 bits per heavy atom. The molecule has 0 aliphatic rings. The lowest BCUT2D eigenvalue weighted by molar-refractivity contribution is -0.389. The molecule has 0 saturated carbocycles. The van der Waals surface area contributed by atoms with E-state index in [1.165, 1.54) is 6.20 Å². The third-order valence-electron chi connectivity index (χ3n) is 1.82. The van der Waals surface area contributed by atoms with Gasteiger partial charge in [-0.2, -0.15) is 5.10 Å². The van der Waals surface area contributed by atoms with Crippen LogP contribution in [-0.2, 0) is 6.42 Å². The third kappa shape index (κ3) is 3.25. The largest absolute Gasteiger partial charge is 0.386 e. The van der Waals surface area contributed by atoms with E-state index in [1.807, 2.05) is 0 Å². The summed E-state index contributed by atoms with van der Waals surface area (Å²) in [4.78, 5) is 16.2. The summed E-state index contributed by atoms with van der Waals surface area (Å²) in [5.41, 5.74) is 5.38. The van der Waals surface area contributed by atoms with Crippen molar-refractivity contribution in [3.05, 3.63) is 22.1 Å². The fourth-order valence-corrected chi connectivity index (χ4v) is 1.07. The molecule has 15 heavy (non-hydrogen) atoms. The zero-order chi connectivity index (χ0) is 11.3. The van der Waals surface area contributed by atoms with E-state index in [0.717, 1.165) is 0 Å². The maximum atomic E-state index is 10.3. The topological polar surface area (TPSA) is 136 Å². The highest BCUT2D eigenvalue weighted by Gasteiger charge is 2.09. The lowest BCUT2D eigenvalue weighted by Gasteiger charge is -1.95. The first-order chi connectivity index (χ1) is 7.13. The molecule has 82 valence electrons. The van der Waals surface area contributed by atoms with Crippen molar-refractivity contribution in [1.29, 1.82) is 0 Å². The molecule has 5 N–H and O–H groups in total. The molecular formula is C7H12N6O2. The Bertz CT molecular complexity index is 371. The van der Waals surface area contributed by atoms with Crippen LogP contribution >= 0.6 is 0 Å². The number of nitro groups is 1. The molecule has 1 rings (SSSR count). The van der Waals surface area contributed by atoms with Crippen molar-refractivity contribution in [1.82, 2.24) is 9.97 Å². The quantitative estimate of drug-likeness (QED) is 0.205. The first kappa shape index (κ1) is 11.0. The molecule has 0 bridgehead atoms. The summed E-state index contributed by atoms with van der Waals surface area (Å²) in [5, 5.41) is 13.6. The molecule has 0 aliphatic heterocycles. The maximum Gasteiger partial charge on any atom is 0.340 e. The van der Waals surface area contributed by atoms with Gasteiger partial charge in [0.1, 0.15) is 12.0 Å². The number of hydrogen-bond acceptors (Lipinski definition) is 5. The third-order valence-corrected chi connectivity index (χ3v) is 1.82. The van der Waals surface area contributed by atoms with Crippen LogP contribution in [0, 0.1) is 10.1 Å². The van der Waals surface area contributed by atoms with Crippen LogP contribution < -0.4 is 11.6 Å². The molecule has 8 nitrogen and oxygen atoms in total. The van der Waals surface area contributed by atoms with Crippen molar-refractivity contribution in [3.63, 3.8) is 0 Å². The van der Waals surface area contributed by atoms with Gasteiger partial charge in [-0.25, -0.2) is 9.97 Å². The fourth-order valence-electron chi connectivity index (χ4n) is 1.07. The van der Waals surface area contributed by atoms with Crippen LogP contribution in [0.3, 0.4) is 0 Å². The molecule has 1 aromatic rings. The molecule has 0 radical (unpaired) electrons. The number of aryl methyl sites for hydroxylation is 1. The van der Waals surface area contributed by atoms with Gasteiger partial charge in [0.15, 0.2) is 5.82 Å². The molecule has 8 heteroatoms. The van der Waals surface area contributed by atoms with Crippen molar-refractivity contribution < 1.29 is 4.92 Å². The van der Waals surface area contributed by atoms with E-state index in [2.05, 4.69) is 15.1 Å². The molecule has 0 saturated heterocycles. The van der Waals surface area contributed by atoms with Gasteiger partial charge in [0.05, 0.1) is 0 Å². The zero-order valence-corrected chi connectivity index (χ0v) is 8.01. The summed E-state index contributed by atoms with van der Waals surface area (Å²) < 4.78 is 0. The summed E-state index contributed by atoms with van der Waals surface area (Å²) in [6.07, 6.45) is 3.00. The van der Waals surface area contributed by atoms with Crippen molar-refractivity contribution in [2.75, 3.05) is 0 Å². The molecule has 0 aliphatic carbocycles. The van der Waals surface area contributed by atoms with Gasteiger partial charge in [0.2, 0.25) is 0 Å². The number of nitrogens with zero attached hydrogens (tertiary/aromatic N) is 3. The lowest BCUT2D eigenvalue weighted by atomic mass is 10.2. The molecular weight excluding hydrogens is 200 g/mol. The number of hydrazone groups is 1. The summed E-state index contributed by atoms with van der Waals surface area (Å²) in [5.74, 6) is 5.76. The van der Waals surface area contributed by atoms with Crippen LogP contribution in [0.4, 0.5) is 5.82 Å². The molecule has 1 aromatic heterocycles. The van der Waals surface area contributed by atoms with E-state index < -0.39 is 4.92 Å². The van der Waals surface area contributed by atoms with Crippen molar-refractivity contribution in [2.24, 2.45) is 16.7 Å². The number of H-pyrrole nitrogens is 1. The van der Waals surface area contributed by atoms with Crippen LogP contribution in [-0.4, -0.2) is 20.7 Å². The van der Waals surface area contributed by atoms with Gasteiger partial charge < -0.3 is 21.7 Å². The van der Waals surface area contributed by atoms with Crippen molar-refractivity contribution in [3.8, 4) is 0 Å². The molecule has 0 fully saturated rings. The minimum Gasteiger partial charge on any atom is -0.386 e. The second kappa shape index (κ2) is 4.94. The summed E-state index contributed by atoms with van der Waals surface area (Å²) in [6.45, 7) is 0. The minimum absolute atomic E-state index is 0.106. The molecule has 0 spiro atoms. The lowest BCUT2D eigenvalue weighted by Crippen LogP contribution is -2.13. The van der Waals surface area contributed by atoms with Crippen molar-refractivity contribution in [2.45, 2.75) is 19.3 Å². The SMILES string of the molecule is NN=C(N)CCCc1ncc([N+](=O)[O-])[nH]1. The Balaban J connectivity index is 2.41. The Kier molecular flexibility index (Phi) is 3.61.